The van der Waals surface area contributed by atoms with E-state index in [0.29, 0.717) is 11.6 Å². The molecular weight excluding hydrogens is 228 g/mol. The zero-order chi connectivity index (χ0) is 13.0. The molecule has 2 rings (SSSR count). The maximum Gasteiger partial charge on any atom is 0.272 e. The second-order valence-electron chi connectivity index (χ2n) is 5.21. The van der Waals surface area contributed by atoms with E-state index in [1.54, 1.807) is 12.3 Å². The van der Waals surface area contributed by atoms with Gasteiger partial charge in [-0.1, -0.05) is 0 Å². The van der Waals surface area contributed by atoms with Crippen LogP contribution in [0.15, 0.2) is 12.3 Å². The van der Waals surface area contributed by atoms with Gasteiger partial charge in [0.25, 0.3) is 5.91 Å². The Kier molecular flexibility index (Phi) is 4.36. The van der Waals surface area contributed by atoms with Crippen molar-refractivity contribution in [3.05, 3.63) is 18.0 Å². The van der Waals surface area contributed by atoms with Gasteiger partial charge in [0.05, 0.1) is 0 Å². The van der Waals surface area contributed by atoms with Gasteiger partial charge in [0.2, 0.25) is 0 Å². The smallest absolute Gasteiger partial charge is 0.272 e. The first-order valence-electron chi connectivity index (χ1n) is 6.69. The summed E-state index contributed by atoms with van der Waals surface area (Å²) in [6.45, 7) is 7.10. The topological polar surface area (TPSA) is 61.0 Å². The zero-order valence-electron chi connectivity index (χ0n) is 11.1. The molecule has 1 aliphatic rings. The summed E-state index contributed by atoms with van der Waals surface area (Å²) in [4.78, 5) is 14.3. The van der Waals surface area contributed by atoms with Crippen LogP contribution in [0, 0.1) is 5.92 Å². The number of aromatic amines is 1. The molecule has 0 aromatic carbocycles. The van der Waals surface area contributed by atoms with E-state index < -0.39 is 0 Å². The molecule has 0 unspecified atom stereocenters. The molecular formula is C13H22N4O. The van der Waals surface area contributed by atoms with Gasteiger partial charge in [0, 0.05) is 18.8 Å². The molecule has 0 aliphatic carbocycles. The number of carbonyl (C=O) groups excluding carboxylic acids is 1. The third-order valence-electron chi connectivity index (χ3n) is 3.53. The molecule has 0 atom stereocenters. The molecule has 2 N–H and O–H groups in total. The lowest BCUT2D eigenvalue weighted by Gasteiger charge is -2.32. The van der Waals surface area contributed by atoms with Gasteiger partial charge in [-0.3, -0.25) is 9.89 Å². The Morgan fingerprint density at radius 1 is 1.50 bits per heavy atom. The van der Waals surface area contributed by atoms with Crippen molar-refractivity contribution in [2.75, 3.05) is 19.6 Å². The van der Waals surface area contributed by atoms with Crippen LogP contribution in [0.5, 0.6) is 0 Å². The van der Waals surface area contributed by atoms with Gasteiger partial charge in [-0.2, -0.15) is 5.10 Å². The van der Waals surface area contributed by atoms with E-state index in [1.165, 1.54) is 0 Å². The summed E-state index contributed by atoms with van der Waals surface area (Å²) >= 11 is 0. The molecule has 2 heterocycles. The van der Waals surface area contributed by atoms with Crippen LogP contribution in [0.4, 0.5) is 0 Å². The van der Waals surface area contributed by atoms with Crippen LogP contribution in [0.2, 0.25) is 0 Å². The minimum Gasteiger partial charge on any atom is -0.335 e. The molecule has 0 radical (unpaired) electrons. The van der Waals surface area contributed by atoms with Crippen molar-refractivity contribution in [1.82, 2.24) is 20.4 Å². The van der Waals surface area contributed by atoms with Gasteiger partial charge >= 0.3 is 0 Å². The number of H-pyrrole nitrogens is 1. The molecule has 1 fully saturated rings. The van der Waals surface area contributed by atoms with Gasteiger partial charge in [-0.05, 0) is 51.8 Å². The van der Waals surface area contributed by atoms with Gasteiger partial charge in [-0.25, -0.2) is 0 Å². The third kappa shape index (κ3) is 3.10. The highest BCUT2D eigenvalue weighted by Crippen LogP contribution is 2.16. The lowest BCUT2D eigenvalue weighted by atomic mass is 9.97. The highest BCUT2D eigenvalue weighted by molar-refractivity contribution is 5.92. The first kappa shape index (κ1) is 13.1. The summed E-state index contributed by atoms with van der Waals surface area (Å²) < 4.78 is 0. The molecule has 0 saturated carbocycles. The largest absolute Gasteiger partial charge is 0.335 e. The molecule has 1 amide bonds. The van der Waals surface area contributed by atoms with Crippen molar-refractivity contribution in [1.29, 1.82) is 0 Å². The molecule has 0 bridgehead atoms. The van der Waals surface area contributed by atoms with Crippen LogP contribution in [0.25, 0.3) is 0 Å². The summed E-state index contributed by atoms with van der Waals surface area (Å²) in [5, 5.41) is 9.96. The first-order valence-corrected chi connectivity index (χ1v) is 6.69. The molecule has 1 aromatic rings. The fourth-order valence-corrected chi connectivity index (χ4v) is 2.40. The molecule has 5 heteroatoms. The standard InChI is InChI=1S/C13H22N4O/c1-10(2)17(9-11-3-6-14-7-4-11)13(18)12-5-8-15-16-12/h5,8,10-11,14H,3-4,6-7,9H2,1-2H3,(H,15,16). The molecule has 1 saturated heterocycles. The average Bonchev–Trinajstić information content (AvgIpc) is 2.90. The third-order valence-corrected chi connectivity index (χ3v) is 3.53. The SMILES string of the molecule is CC(C)N(CC1CCNCC1)C(=O)c1ccn[nH]1. The molecule has 1 aliphatic heterocycles. The summed E-state index contributed by atoms with van der Waals surface area (Å²) in [5.74, 6) is 0.668. The van der Waals surface area contributed by atoms with Gasteiger partial charge in [0.15, 0.2) is 0 Å². The van der Waals surface area contributed by atoms with E-state index in [0.717, 1.165) is 32.5 Å². The summed E-state index contributed by atoms with van der Waals surface area (Å²) in [6, 6.07) is 1.95. The van der Waals surface area contributed by atoms with Crippen molar-refractivity contribution in [3.63, 3.8) is 0 Å². The number of hydrogen-bond donors (Lipinski definition) is 2. The van der Waals surface area contributed by atoms with Gasteiger partial charge in [-0.15, -0.1) is 0 Å². The number of amides is 1. The Balaban J connectivity index is 2.01. The van der Waals surface area contributed by atoms with Gasteiger partial charge in [0.1, 0.15) is 5.69 Å². The number of carbonyl (C=O) groups is 1. The van der Waals surface area contributed by atoms with Crippen LogP contribution in [-0.4, -0.2) is 46.7 Å². The second kappa shape index (κ2) is 6.00. The monoisotopic (exact) mass is 250 g/mol. The minimum absolute atomic E-state index is 0.0565. The Morgan fingerprint density at radius 3 is 2.78 bits per heavy atom. The normalized spacial score (nSPS) is 17.1. The molecule has 100 valence electrons. The van der Waals surface area contributed by atoms with Crippen molar-refractivity contribution in [2.45, 2.75) is 32.7 Å². The number of piperidine rings is 1. The van der Waals surface area contributed by atoms with Crippen LogP contribution < -0.4 is 5.32 Å². The lowest BCUT2D eigenvalue weighted by Crippen LogP contribution is -2.43. The van der Waals surface area contributed by atoms with Crippen molar-refractivity contribution in [2.24, 2.45) is 5.92 Å². The number of hydrogen-bond acceptors (Lipinski definition) is 3. The highest BCUT2D eigenvalue weighted by Gasteiger charge is 2.24. The van der Waals surface area contributed by atoms with Crippen LogP contribution >= 0.6 is 0 Å². The predicted octanol–water partition coefficient (Wildman–Crippen LogP) is 1.26. The second-order valence-corrected chi connectivity index (χ2v) is 5.21. The highest BCUT2D eigenvalue weighted by atomic mass is 16.2. The fraction of sp³-hybridized carbons (Fsp3) is 0.692. The van der Waals surface area contributed by atoms with Crippen LogP contribution in [-0.2, 0) is 0 Å². The van der Waals surface area contributed by atoms with Crippen LogP contribution in [0.3, 0.4) is 0 Å². The average molecular weight is 250 g/mol. The van der Waals surface area contributed by atoms with Crippen molar-refractivity contribution in [3.8, 4) is 0 Å². The van der Waals surface area contributed by atoms with Crippen molar-refractivity contribution >= 4 is 5.91 Å². The van der Waals surface area contributed by atoms with E-state index in [2.05, 4.69) is 29.4 Å². The quantitative estimate of drug-likeness (QED) is 0.845. The lowest BCUT2D eigenvalue weighted by molar-refractivity contribution is 0.0652. The Labute approximate surface area is 108 Å². The van der Waals surface area contributed by atoms with E-state index in [9.17, 15) is 4.79 Å². The van der Waals surface area contributed by atoms with E-state index in [-0.39, 0.29) is 11.9 Å². The summed E-state index contributed by atoms with van der Waals surface area (Å²) in [5.41, 5.74) is 0.581. The minimum atomic E-state index is 0.0565. The number of rotatable bonds is 4. The van der Waals surface area contributed by atoms with E-state index in [1.807, 2.05) is 4.90 Å². The maximum absolute atomic E-state index is 12.4. The Morgan fingerprint density at radius 2 is 2.22 bits per heavy atom. The molecule has 0 spiro atoms. The predicted molar refractivity (Wildman–Crippen MR) is 70.4 cm³/mol. The molecule has 5 nitrogen and oxygen atoms in total. The Bertz CT molecular complexity index is 368. The first-order chi connectivity index (χ1) is 8.68. The Hall–Kier alpha value is -1.36. The number of nitrogens with zero attached hydrogens (tertiary/aromatic N) is 2. The van der Waals surface area contributed by atoms with E-state index >= 15 is 0 Å². The molecule has 18 heavy (non-hydrogen) atoms. The number of nitrogens with one attached hydrogen (secondary N) is 2. The van der Waals surface area contributed by atoms with Crippen LogP contribution in [0.1, 0.15) is 37.2 Å². The maximum atomic E-state index is 12.4. The van der Waals surface area contributed by atoms with Gasteiger partial charge < -0.3 is 10.2 Å². The fourth-order valence-electron chi connectivity index (χ4n) is 2.40. The van der Waals surface area contributed by atoms with Crippen molar-refractivity contribution < 1.29 is 4.79 Å². The number of aromatic nitrogens is 2. The van der Waals surface area contributed by atoms with E-state index in [4.69, 9.17) is 0 Å². The molecule has 1 aromatic heterocycles. The summed E-state index contributed by atoms with van der Waals surface area (Å²) in [6.07, 6.45) is 3.93. The zero-order valence-corrected chi connectivity index (χ0v) is 11.1. The summed E-state index contributed by atoms with van der Waals surface area (Å²) in [7, 11) is 0.